The van der Waals surface area contributed by atoms with E-state index >= 15 is 0 Å². The molecule has 0 fully saturated rings. The molecule has 7 nitrogen and oxygen atoms in total. The van der Waals surface area contributed by atoms with Crippen LogP contribution in [0.2, 0.25) is 0 Å². The van der Waals surface area contributed by atoms with Crippen LogP contribution in [0.4, 0.5) is 5.69 Å². The van der Waals surface area contributed by atoms with E-state index in [1.54, 1.807) is 13.0 Å². The monoisotopic (exact) mass is 357 g/mol. The molecule has 0 saturated carbocycles. The summed E-state index contributed by atoms with van der Waals surface area (Å²) in [5, 5.41) is 12.0. The summed E-state index contributed by atoms with van der Waals surface area (Å²) in [5.74, 6) is -0.956. The first-order valence-electron chi connectivity index (χ1n) is 7.46. The van der Waals surface area contributed by atoms with Gasteiger partial charge in [-0.2, -0.15) is 0 Å². The summed E-state index contributed by atoms with van der Waals surface area (Å²) < 4.78 is 1.33. The molecule has 25 heavy (non-hydrogen) atoms. The largest absolute Gasteiger partial charge is 0.478 e. The number of aryl methyl sites for hydroxylation is 2. The Hall–Kier alpha value is -3.00. The number of aromatic nitrogens is 2. The molecule has 8 heteroatoms. The molecular weight excluding hydrogens is 342 g/mol. The number of carbonyl (C=O) groups excluding carboxylic acids is 1. The van der Waals surface area contributed by atoms with Crippen LogP contribution >= 0.6 is 11.3 Å². The molecule has 1 aromatic carbocycles. The third-order valence-corrected chi connectivity index (χ3v) is 4.63. The Kier molecular flexibility index (Phi) is 4.37. The van der Waals surface area contributed by atoms with E-state index in [-0.39, 0.29) is 23.6 Å². The molecule has 1 amide bonds. The number of fused-ring (bicyclic) bond motifs is 1. The fourth-order valence-corrected chi connectivity index (χ4v) is 3.38. The van der Waals surface area contributed by atoms with Gasteiger partial charge in [-0.15, -0.1) is 11.3 Å². The van der Waals surface area contributed by atoms with Crippen LogP contribution in [0.5, 0.6) is 0 Å². The number of carbonyl (C=O) groups is 2. The average molecular weight is 357 g/mol. The number of nitrogens with zero attached hydrogens (tertiary/aromatic N) is 2. The normalized spacial score (nSPS) is 10.8. The Bertz CT molecular complexity index is 1030. The molecule has 3 rings (SSSR count). The number of carboxylic acids is 1. The van der Waals surface area contributed by atoms with Crippen molar-refractivity contribution in [1.82, 2.24) is 9.55 Å². The summed E-state index contributed by atoms with van der Waals surface area (Å²) in [6.07, 6.45) is 0. The van der Waals surface area contributed by atoms with Crippen molar-refractivity contribution in [3.8, 4) is 0 Å². The topological polar surface area (TPSA) is 101 Å². The smallest absolute Gasteiger partial charge is 0.335 e. The minimum absolute atomic E-state index is 0.132. The first-order chi connectivity index (χ1) is 11.8. The number of benzene rings is 1. The van der Waals surface area contributed by atoms with Gasteiger partial charge in [-0.25, -0.2) is 9.78 Å². The summed E-state index contributed by atoms with van der Waals surface area (Å²) in [7, 11) is 0. The van der Waals surface area contributed by atoms with E-state index in [2.05, 4.69) is 10.3 Å². The lowest BCUT2D eigenvalue weighted by Crippen LogP contribution is -2.29. The molecular formula is C17H15N3O4S. The molecule has 2 aromatic heterocycles. The van der Waals surface area contributed by atoms with E-state index in [9.17, 15) is 14.4 Å². The molecule has 0 aliphatic rings. The number of hydrogen-bond donors (Lipinski definition) is 2. The number of rotatable bonds is 4. The van der Waals surface area contributed by atoms with E-state index in [1.165, 1.54) is 40.2 Å². The third kappa shape index (κ3) is 3.43. The number of nitrogens with one attached hydrogen (secondary N) is 1. The second-order valence-electron chi connectivity index (χ2n) is 5.56. The predicted octanol–water partition coefficient (Wildman–Crippen LogP) is 2.41. The molecule has 2 heterocycles. The van der Waals surface area contributed by atoms with Crippen molar-refractivity contribution in [2.75, 3.05) is 5.32 Å². The Labute approximate surface area is 146 Å². The molecule has 128 valence electrons. The number of anilines is 1. The maximum Gasteiger partial charge on any atom is 0.335 e. The molecule has 0 aliphatic heterocycles. The van der Waals surface area contributed by atoms with Crippen LogP contribution in [0.15, 0.2) is 35.1 Å². The Morgan fingerprint density at radius 2 is 1.92 bits per heavy atom. The molecule has 0 aliphatic carbocycles. The van der Waals surface area contributed by atoms with Gasteiger partial charge in [0.15, 0.2) is 0 Å². The van der Waals surface area contributed by atoms with Crippen molar-refractivity contribution < 1.29 is 14.7 Å². The maximum atomic E-state index is 12.6. The van der Waals surface area contributed by atoms with Crippen LogP contribution in [-0.2, 0) is 11.3 Å². The van der Waals surface area contributed by atoms with E-state index in [0.29, 0.717) is 21.7 Å². The van der Waals surface area contributed by atoms with Gasteiger partial charge in [0.25, 0.3) is 5.56 Å². The Balaban J connectivity index is 1.82. The lowest BCUT2D eigenvalue weighted by molar-refractivity contribution is -0.116. The van der Waals surface area contributed by atoms with Crippen LogP contribution in [0.25, 0.3) is 10.2 Å². The molecule has 3 aromatic rings. The zero-order valence-electron chi connectivity index (χ0n) is 13.6. The minimum Gasteiger partial charge on any atom is -0.478 e. The van der Waals surface area contributed by atoms with Crippen molar-refractivity contribution in [2.24, 2.45) is 0 Å². The number of amides is 1. The highest BCUT2D eigenvalue weighted by atomic mass is 32.1. The van der Waals surface area contributed by atoms with Crippen molar-refractivity contribution >= 4 is 39.1 Å². The average Bonchev–Trinajstić information content (AvgIpc) is 2.92. The van der Waals surface area contributed by atoms with Gasteiger partial charge in [-0.3, -0.25) is 14.2 Å². The zero-order chi connectivity index (χ0) is 18.1. The highest BCUT2D eigenvalue weighted by molar-refractivity contribution is 7.18. The number of hydrogen-bond acceptors (Lipinski definition) is 5. The van der Waals surface area contributed by atoms with Crippen molar-refractivity contribution in [3.63, 3.8) is 0 Å². The van der Waals surface area contributed by atoms with Crippen LogP contribution in [0.3, 0.4) is 0 Å². The van der Waals surface area contributed by atoms with E-state index in [1.807, 2.05) is 6.92 Å². The summed E-state index contributed by atoms with van der Waals surface area (Å²) >= 11 is 1.44. The van der Waals surface area contributed by atoms with Gasteiger partial charge in [-0.1, -0.05) is 0 Å². The molecule has 0 saturated heterocycles. The van der Waals surface area contributed by atoms with Gasteiger partial charge < -0.3 is 10.4 Å². The standard InChI is InChI=1S/C17H15N3O4S/c1-9-7-13-15(25-9)18-10(2)20(16(13)22)8-14(21)19-12-5-3-11(4-6-12)17(23)24/h3-7H,8H2,1-2H3,(H,19,21)(H,23,24). The van der Waals surface area contributed by atoms with Gasteiger partial charge in [0.05, 0.1) is 10.9 Å². The Morgan fingerprint density at radius 1 is 1.24 bits per heavy atom. The minimum atomic E-state index is -1.04. The SMILES string of the molecule is Cc1cc2c(=O)n(CC(=O)Nc3ccc(C(=O)O)cc3)c(C)nc2s1. The highest BCUT2D eigenvalue weighted by Gasteiger charge is 2.13. The predicted molar refractivity (Wildman–Crippen MR) is 95.4 cm³/mol. The summed E-state index contributed by atoms with van der Waals surface area (Å²) in [6, 6.07) is 7.57. The van der Waals surface area contributed by atoms with Gasteiger partial charge >= 0.3 is 5.97 Å². The van der Waals surface area contributed by atoms with Gasteiger partial charge in [0, 0.05) is 10.6 Å². The number of aromatic carboxylic acids is 1. The maximum absolute atomic E-state index is 12.6. The van der Waals surface area contributed by atoms with Gasteiger partial charge in [0.2, 0.25) is 5.91 Å². The summed E-state index contributed by atoms with van der Waals surface area (Å²) in [6.45, 7) is 3.42. The van der Waals surface area contributed by atoms with Gasteiger partial charge in [0.1, 0.15) is 17.2 Å². The van der Waals surface area contributed by atoms with E-state index in [0.717, 1.165) is 4.88 Å². The molecule has 0 spiro atoms. The van der Waals surface area contributed by atoms with Crippen molar-refractivity contribution in [3.05, 3.63) is 57.0 Å². The summed E-state index contributed by atoms with van der Waals surface area (Å²) in [4.78, 5) is 41.7. The van der Waals surface area contributed by atoms with E-state index < -0.39 is 5.97 Å². The first kappa shape index (κ1) is 16.8. The molecule has 0 unspecified atom stereocenters. The number of thiophene rings is 1. The molecule has 0 bridgehead atoms. The van der Waals surface area contributed by atoms with Crippen LogP contribution in [0, 0.1) is 13.8 Å². The Morgan fingerprint density at radius 3 is 2.56 bits per heavy atom. The van der Waals surface area contributed by atoms with E-state index in [4.69, 9.17) is 5.11 Å². The fraction of sp³-hybridized carbons (Fsp3) is 0.176. The van der Waals surface area contributed by atoms with Crippen LogP contribution < -0.4 is 10.9 Å². The number of carboxylic acid groups (broad SMARTS) is 1. The lowest BCUT2D eigenvalue weighted by atomic mass is 10.2. The molecule has 0 radical (unpaired) electrons. The molecule has 0 atom stereocenters. The third-order valence-electron chi connectivity index (χ3n) is 3.68. The highest BCUT2D eigenvalue weighted by Crippen LogP contribution is 2.20. The second-order valence-corrected chi connectivity index (χ2v) is 6.79. The zero-order valence-corrected chi connectivity index (χ0v) is 14.4. The quantitative estimate of drug-likeness (QED) is 0.747. The summed E-state index contributed by atoms with van der Waals surface area (Å²) in [5.41, 5.74) is 0.344. The van der Waals surface area contributed by atoms with Crippen LogP contribution in [0.1, 0.15) is 21.1 Å². The van der Waals surface area contributed by atoms with Crippen molar-refractivity contribution in [2.45, 2.75) is 20.4 Å². The lowest BCUT2D eigenvalue weighted by Gasteiger charge is -2.10. The first-order valence-corrected chi connectivity index (χ1v) is 8.27. The molecule has 2 N–H and O–H groups in total. The van der Waals surface area contributed by atoms with Crippen molar-refractivity contribution in [1.29, 1.82) is 0 Å². The second kappa shape index (κ2) is 6.48. The fourth-order valence-electron chi connectivity index (χ4n) is 2.46. The van der Waals surface area contributed by atoms with Crippen LogP contribution in [-0.4, -0.2) is 26.5 Å². The van der Waals surface area contributed by atoms with Gasteiger partial charge in [-0.05, 0) is 44.2 Å².